The summed E-state index contributed by atoms with van der Waals surface area (Å²) in [7, 11) is 0. The summed E-state index contributed by atoms with van der Waals surface area (Å²) in [6.45, 7) is 13.9. The van der Waals surface area contributed by atoms with Crippen molar-refractivity contribution >= 4 is 11.6 Å². The molecule has 0 aromatic carbocycles. The van der Waals surface area contributed by atoms with Crippen molar-refractivity contribution in [3.63, 3.8) is 0 Å². The molecule has 4 heteroatoms. The third kappa shape index (κ3) is 2.86. The first kappa shape index (κ1) is 24.2. The number of allylic oxidation sites excluding steroid dienone is 2. The number of nitrogens with zero attached hydrogens (tertiary/aromatic N) is 1. The van der Waals surface area contributed by atoms with E-state index in [0.29, 0.717) is 17.8 Å². The molecule has 9 atom stereocenters. The van der Waals surface area contributed by atoms with E-state index in [0.717, 1.165) is 44.9 Å². The highest BCUT2D eigenvalue weighted by Gasteiger charge is 2.71. The van der Waals surface area contributed by atoms with Gasteiger partial charge in [-0.25, -0.2) is 0 Å². The van der Waals surface area contributed by atoms with Crippen LogP contribution in [-0.4, -0.2) is 23.3 Å². The number of ketones is 2. The van der Waals surface area contributed by atoms with E-state index in [-0.39, 0.29) is 69.1 Å². The van der Waals surface area contributed by atoms with Gasteiger partial charge in [-0.05, 0) is 89.8 Å². The van der Waals surface area contributed by atoms with Gasteiger partial charge in [-0.15, -0.1) is 0 Å². The molecule has 2 unspecified atom stereocenters. The molecule has 0 aliphatic heterocycles. The lowest BCUT2D eigenvalue weighted by molar-refractivity contribution is -0.223. The van der Waals surface area contributed by atoms with Gasteiger partial charge in [-0.1, -0.05) is 47.6 Å². The monoisotopic (exact) mass is 465 g/mol. The lowest BCUT2D eigenvalue weighted by Crippen LogP contribution is -2.68. The van der Waals surface area contributed by atoms with Gasteiger partial charge >= 0.3 is 0 Å². The molecule has 0 amide bonds. The molecule has 4 saturated carbocycles. The molecule has 0 spiro atoms. The Morgan fingerprint density at radius 1 is 1.00 bits per heavy atom. The van der Waals surface area contributed by atoms with Crippen molar-refractivity contribution in [2.75, 3.05) is 6.61 Å². The van der Waals surface area contributed by atoms with Gasteiger partial charge in [0.05, 0.1) is 5.57 Å². The molecule has 5 aliphatic rings. The number of nitriles is 1. The minimum Gasteiger partial charge on any atom is -0.396 e. The number of hydrogen-bond acceptors (Lipinski definition) is 4. The summed E-state index contributed by atoms with van der Waals surface area (Å²) in [5.41, 5.74) is -0.0778. The number of hydrogen-bond donors (Lipinski definition) is 1. The highest BCUT2D eigenvalue weighted by molar-refractivity contribution is 6.01. The van der Waals surface area contributed by atoms with Crippen LogP contribution in [0.3, 0.4) is 0 Å². The minimum atomic E-state index is -0.313. The van der Waals surface area contributed by atoms with Crippen LogP contribution in [0.25, 0.3) is 0 Å². The Morgan fingerprint density at radius 2 is 1.68 bits per heavy atom. The fourth-order valence-electron chi connectivity index (χ4n) is 10.3. The molecule has 0 aromatic heterocycles. The molecule has 0 bridgehead atoms. The zero-order valence-electron chi connectivity index (χ0n) is 22.0. The topological polar surface area (TPSA) is 78.2 Å². The van der Waals surface area contributed by atoms with E-state index in [4.69, 9.17) is 0 Å². The first-order valence-corrected chi connectivity index (χ1v) is 13.6. The van der Waals surface area contributed by atoms with Gasteiger partial charge in [0.2, 0.25) is 0 Å². The van der Waals surface area contributed by atoms with Crippen LogP contribution in [0.2, 0.25) is 0 Å². The average molecular weight is 466 g/mol. The lowest BCUT2D eigenvalue weighted by atomic mass is 9.32. The Hall–Kier alpha value is -1.47. The number of aliphatic hydroxyl groups is 1. The smallest absolute Gasteiger partial charge is 0.176 e. The number of carbonyl (C=O) groups is 2. The summed E-state index contributed by atoms with van der Waals surface area (Å²) < 4.78 is 0. The van der Waals surface area contributed by atoms with Crippen molar-refractivity contribution in [2.24, 2.45) is 56.7 Å². The van der Waals surface area contributed by atoms with E-state index >= 15 is 0 Å². The normalized spacial score (nSPS) is 51.8. The molecule has 0 saturated heterocycles. The highest BCUT2D eigenvalue weighted by atomic mass is 16.3. The molecule has 34 heavy (non-hydrogen) atoms. The van der Waals surface area contributed by atoms with Crippen molar-refractivity contribution in [3.05, 3.63) is 11.6 Å². The Kier molecular flexibility index (Phi) is 5.19. The number of rotatable bonds is 1. The fraction of sp³-hybridized carbons (Fsp3) is 0.833. The number of Topliss-reactive ketones (excluding diaryl/α,β-unsaturated/α-hetero) is 2. The second-order valence-corrected chi connectivity index (χ2v) is 14.4. The maximum Gasteiger partial charge on any atom is 0.176 e. The number of carbonyl (C=O) groups excluding carboxylic acids is 2. The van der Waals surface area contributed by atoms with E-state index in [1.807, 2.05) is 13.0 Å². The second kappa shape index (κ2) is 7.28. The zero-order valence-corrected chi connectivity index (χ0v) is 22.0. The van der Waals surface area contributed by atoms with Crippen molar-refractivity contribution in [1.82, 2.24) is 0 Å². The molecule has 186 valence electrons. The van der Waals surface area contributed by atoms with E-state index < -0.39 is 0 Å². The SMILES string of the molecule is C[C@@H]1C(=O)C(C#N)=C[C@]2(C)[C@H]3CC(=O)C4C5CC(C)(C)CC[C@]5(CO)CC[C@@]4(C)[C@]3(C)CC[C@@H]12. The molecule has 0 heterocycles. The van der Waals surface area contributed by atoms with Crippen molar-refractivity contribution in [3.8, 4) is 6.07 Å². The van der Waals surface area contributed by atoms with Crippen molar-refractivity contribution < 1.29 is 14.7 Å². The summed E-state index contributed by atoms with van der Waals surface area (Å²) in [5.74, 6) is 0.770. The van der Waals surface area contributed by atoms with Crippen LogP contribution in [0.4, 0.5) is 0 Å². The predicted octanol–water partition coefficient (Wildman–Crippen LogP) is 5.89. The van der Waals surface area contributed by atoms with Crippen LogP contribution in [0.1, 0.15) is 92.9 Å². The van der Waals surface area contributed by atoms with Crippen LogP contribution >= 0.6 is 0 Å². The molecule has 5 rings (SSSR count). The quantitative estimate of drug-likeness (QED) is 0.524. The van der Waals surface area contributed by atoms with E-state index in [2.05, 4.69) is 40.7 Å². The van der Waals surface area contributed by atoms with E-state index in [1.54, 1.807) is 0 Å². The van der Waals surface area contributed by atoms with Gasteiger partial charge in [0.1, 0.15) is 11.9 Å². The Labute approximate surface area is 205 Å². The van der Waals surface area contributed by atoms with E-state index in [1.165, 1.54) is 0 Å². The molecule has 0 radical (unpaired) electrons. The maximum atomic E-state index is 14.2. The molecule has 0 aromatic rings. The van der Waals surface area contributed by atoms with Crippen molar-refractivity contribution in [2.45, 2.75) is 92.9 Å². The standard InChI is InChI=1S/C30H43NO3/c1-18-20-7-8-28(5)23(27(20,4)14-19(16-31)25(18)34)13-22(33)24-21-15-26(2,3)9-11-30(21,17-32)12-10-29(24,28)6/h14,18,20-21,23-24,32H,7-13,15,17H2,1-6H3/t18-,20-,21?,23+,24?,27-,28+,29+,30+/m0/s1. The lowest BCUT2D eigenvalue weighted by Gasteiger charge is -2.71. The molecular formula is C30H43NO3. The molecule has 4 nitrogen and oxygen atoms in total. The van der Waals surface area contributed by atoms with Gasteiger partial charge in [0.15, 0.2) is 5.78 Å². The van der Waals surface area contributed by atoms with Gasteiger partial charge in [0, 0.05) is 24.9 Å². The number of aliphatic hydroxyl groups excluding tert-OH is 1. The molecular weight excluding hydrogens is 422 g/mol. The van der Waals surface area contributed by atoms with Crippen LogP contribution in [0.5, 0.6) is 0 Å². The first-order valence-electron chi connectivity index (χ1n) is 13.6. The van der Waals surface area contributed by atoms with Crippen LogP contribution in [0, 0.1) is 68.0 Å². The minimum absolute atomic E-state index is 0.00330. The molecule has 4 fully saturated rings. The molecule has 1 N–H and O–H groups in total. The second-order valence-electron chi connectivity index (χ2n) is 14.4. The van der Waals surface area contributed by atoms with Gasteiger partial charge in [-0.3, -0.25) is 9.59 Å². The Morgan fingerprint density at radius 3 is 2.32 bits per heavy atom. The van der Waals surface area contributed by atoms with E-state index in [9.17, 15) is 20.0 Å². The van der Waals surface area contributed by atoms with Crippen LogP contribution < -0.4 is 0 Å². The Balaban J connectivity index is 1.62. The van der Waals surface area contributed by atoms with Crippen LogP contribution in [-0.2, 0) is 9.59 Å². The predicted molar refractivity (Wildman–Crippen MR) is 131 cm³/mol. The summed E-state index contributed by atoms with van der Waals surface area (Å²) >= 11 is 0. The summed E-state index contributed by atoms with van der Waals surface area (Å²) in [6, 6.07) is 2.19. The first-order chi connectivity index (χ1) is 15.8. The highest BCUT2D eigenvalue weighted by Crippen LogP contribution is 2.75. The van der Waals surface area contributed by atoms with Gasteiger partial charge in [-0.2, -0.15) is 5.26 Å². The number of fused-ring (bicyclic) bond motifs is 7. The molecule has 5 aliphatic carbocycles. The third-order valence-electron chi connectivity index (χ3n) is 12.6. The summed E-state index contributed by atoms with van der Waals surface area (Å²) in [6.07, 6.45) is 9.67. The summed E-state index contributed by atoms with van der Waals surface area (Å²) in [4.78, 5) is 27.1. The largest absolute Gasteiger partial charge is 0.396 e. The third-order valence-corrected chi connectivity index (χ3v) is 12.6. The zero-order chi connectivity index (χ0) is 24.9. The average Bonchev–Trinajstić information content (AvgIpc) is 2.77. The fourth-order valence-corrected chi connectivity index (χ4v) is 10.3. The Bertz CT molecular complexity index is 1010. The van der Waals surface area contributed by atoms with Crippen molar-refractivity contribution in [1.29, 1.82) is 5.26 Å². The van der Waals surface area contributed by atoms with Gasteiger partial charge in [0.25, 0.3) is 0 Å². The van der Waals surface area contributed by atoms with Gasteiger partial charge < -0.3 is 5.11 Å². The maximum absolute atomic E-state index is 14.2. The van der Waals surface area contributed by atoms with Crippen LogP contribution in [0.15, 0.2) is 11.6 Å². The summed E-state index contributed by atoms with van der Waals surface area (Å²) in [5, 5.41) is 20.4.